The molecule has 1 atom stereocenters. The third-order valence-electron chi connectivity index (χ3n) is 5.39. The number of hydrogen-bond donors (Lipinski definition) is 2. The van der Waals surface area contributed by atoms with Gasteiger partial charge in [0.05, 0.1) is 6.61 Å². The Morgan fingerprint density at radius 3 is 2.36 bits per heavy atom. The van der Waals surface area contributed by atoms with Crippen molar-refractivity contribution in [1.82, 2.24) is 14.9 Å². The number of likely N-dealkylation sites (tertiary alicyclic amines) is 1. The van der Waals surface area contributed by atoms with Crippen LogP contribution >= 0.6 is 0 Å². The maximum atomic E-state index is 14.1. The quantitative estimate of drug-likeness (QED) is 0.608. The Kier molecular flexibility index (Phi) is 8.40. The third-order valence-corrected chi connectivity index (χ3v) is 6.90. The first-order chi connectivity index (χ1) is 15.8. The van der Waals surface area contributed by atoms with Crippen molar-refractivity contribution in [3.05, 3.63) is 66.0 Å². The number of rotatable bonds is 8. The first-order valence-electron chi connectivity index (χ1n) is 10.8. The summed E-state index contributed by atoms with van der Waals surface area (Å²) < 4.78 is 47.2. The van der Waals surface area contributed by atoms with Crippen molar-refractivity contribution in [2.75, 3.05) is 19.7 Å². The van der Waals surface area contributed by atoms with E-state index in [0.717, 1.165) is 17.7 Å². The van der Waals surface area contributed by atoms with Gasteiger partial charge in [-0.2, -0.15) is 4.72 Å². The van der Waals surface area contributed by atoms with Gasteiger partial charge in [-0.3, -0.25) is 4.79 Å². The molecule has 33 heavy (non-hydrogen) atoms. The maximum absolute atomic E-state index is 14.1. The second-order valence-corrected chi connectivity index (χ2v) is 9.45. The molecule has 1 saturated heterocycles. The highest BCUT2D eigenvalue weighted by Crippen LogP contribution is 2.16. The lowest BCUT2D eigenvalue weighted by Crippen LogP contribution is -2.53. The molecule has 0 bridgehead atoms. The Morgan fingerprint density at radius 1 is 1.09 bits per heavy atom. The smallest absolute Gasteiger partial charge is 0.409 e. The van der Waals surface area contributed by atoms with Gasteiger partial charge in [-0.1, -0.05) is 42.5 Å². The molecule has 8 nitrogen and oxygen atoms in total. The first kappa shape index (κ1) is 24.7. The van der Waals surface area contributed by atoms with Crippen LogP contribution in [-0.4, -0.2) is 57.1 Å². The highest BCUT2D eigenvalue weighted by molar-refractivity contribution is 7.89. The van der Waals surface area contributed by atoms with Gasteiger partial charge in [-0.25, -0.2) is 17.6 Å². The molecule has 10 heteroatoms. The number of carbonyl (C=O) groups excluding carboxylic acids is 2. The van der Waals surface area contributed by atoms with Gasteiger partial charge < -0.3 is 15.0 Å². The molecule has 0 saturated carbocycles. The molecule has 1 heterocycles. The fraction of sp³-hybridized carbons (Fsp3) is 0.391. The average molecular weight is 478 g/mol. The van der Waals surface area contributed by atoms with Crippen LogP contribution in [0, 0.1) is 5.82 Å². The monoisotopic (exact) mass is 477 g/mol. The van der Waals surface area contributed by atoms with Gasteiger partial charge >= 0.3 is 6.09 Å². The van der Waals surface area contributed by atoms with Crippen molar-refractivity contribution in [2.45, 2.75) is 43.2 Å². The number of nitrogens with zero attached hydrogens (tertiary/aromatic N) is 1. The number of amides is 2. The van der Waals surface area contributed by atoms with Crippen LogP contribution in [-0.2, 0) is 26.0 Å². The van der Waals surface area contributed by atoms with Gasteiger partial charge in [-0.15, -0.1) is 0 Å². The summed E-state index contributed by atoms with van der Waals surface area (Å²) in [6.45, 7) is 2.88. The van der Waals surface area contributed by atoms with Crippen molar-refractivity contribution < 1.29 is 27.1 Å². The molecule has 3 rings (SSSR count). The molecule has 2 N–H and O–H groups in total. The minimum absolute atomic E-state index is 0.0992. The van der Waals surface area contributed by atoms with Crippen LogP contribution in [0.4, 0.5) is 9.18 Å². The molecular formula is C23H28FN3O5S. The lowest BCUT2D eigenvalue weighted by atomic mass is 10.0. The van der Waals surface area contributed by atoms with Crippen LogP contribution in [0.2, 0.25) is 0 Å². The molecule has 1 unspecified atom stereocenters. The van der Waals surface area contributed by atoms with Gasteiger partial charge in [-0.05, 0) is 43.9 Å². The van der Waals surface area contributed by atoms with Crippen LogP contribution in [0.3, 0.4) is 0 Å². The van der Waals surface area contributed by atoms with E-state index in [1.165, 1.54) is 12.1 Å². The van der Waals surface area contributed by atoms with E-state index in [1.807, 2.05) is 6.07 Å². The second-order valence-electron chi connectivity index (χ2n) is 7.76. The number of hydrogen-bond acceptors (Lipinski definition) is 5. The normalized spacial score (nSPS) is 15.6. The summed E-state index contributed by atoms with van der Waals surface area (Å²) in [6.07, 6.45) is 0.745. The Labute approximate surface area is 193 Å². The number of piperidine rings is 1. The summed E-state index contributed by atoms with van der Waals surface area (Å²) in [4.78, 5) is 26.0. The Balaban J connectivity index is 1.71. The van der Waals surface area contributed by atoms with E-state index >= 15 is 0 Å². The summed E-state index contributed by atoms with van der Waals surface area (Å²) >= 11 is 0. The molecule has 178 valence electrons. The molecular weight excluding hydrogens is 449 g/mol. The van der Waals surface area contributed by atoms with Crippen molar-refractivity contribution in [1.29, 1.82) is 0 Å². The first-order valence-corrected chi connectivity index (χ1v) is 12.3. The van der Waals surface area contributed by atoms with E-state index in [4.69, 9.17) is 4.74 Å². The fourth-order valence-electron chi connectivity index (χ4n) is 3.67. The summed E-state index contributed by atoms with van der Waals surface area (Å²) in [5.41, 5.74) is 0.756. The Morgan fingerprint density at radius 2 is 1.73 bits per heavy atom. The Hall–Kier alpha value is -2.98. The summed E-state index contributed by atoms with van der Waals surface area (Å²) in [6, 6.07) is 12.6. The van der Waals surface area contributed by atoms with Crippen LogP contribution in [0.1, 0.15) is 25.3 Å². The van der Waals surface area contributed by atoms with Gasteiger partial charge in [0.1, 0.15) is 16.8 Å². The third kappa shape index (κ3) is 6.75. The largest absolute Gasteiger partial charge is 0.450 e. The Bertz CT molecular complexity index is 1060. The zero-order valence-corrected chi connectivity index (χ0v) is 19.2. The summed E-state index contributed by atoms with van der Waals surface area (Å²) in [7, 11) is -4.28. The van der Waals surface area contributed by atoms with Gasteiger partial charge in [0.15, 0.2) is 0 Å². The van der Waals surface area contributed by atoms with E-state index in [0.29, 0.717) is 32.5 Å². The minimum atomic E-state index is -4.28. The number of halogens is 1. The fourth-order valence-corrected chi connectivity index (χ4v) is 4.95. The number of nitrogens with one attached hydrogen (secondary N) is 2. The van der Waals surface area contributed by atoms with Crippen LogP contribution in [0.15, 0.2) is 59.5 Å². The van der Waals surface area contributed by atoms with Gasteiger partial charge in [0.25, 0.3) is 0 Å². The van der Waals surface area contributed by atoms with Crippen LogP contribution in [0.25, 0.3) is 0 Å². The van der Waals surface area contributed by atoms with E-state index in [-0.39, 0.29) is 18.6 Å². The van der Waals surface area contributed by atoms with Crippen molar-refractivity contribution in [3.8, 4) is 0 Å². The highest BCUT2D eigenvalue weighted by atomic mass is 32.2. The molecule has 0 spiro atoms. The van der Waals surface area contributed by atoms with Crippen molar-refractivity contribution >= 4 is 22.0 Å². The molecule has 0 radical (unpaired) electrons. The topological polar surface area (TPSA) is 105 Å². The molecule has 0 aliphatic carbocycles. The van der Waals surface area contributed by atoms with Crippen molar-refractivity contribution in [3.63, 3.8) is 0 Å². The summed E-state index contributed by atoms with van der Waals surface area (Å²) in [5, 5.41) is 2.88. The van der Waals surface area contributed by atoms with Gasteiger partial charge in [0, 0.05) is 19.1 Å². The molecule has 0 aromatic heterocycles. The second kappa shape index (κ2) is 11.2. The predicted octanol–water partition coefficient (Wildman–Crippen LogP) is 2.45. The van der Waals surface area contributed by atoms with Crippen molar-refractivity contribution in [2.24, 2.45) is 0 Å². The lowest BCUT2D eigenvalue weighted by Gasteiger charge is -2.32. The molecule has 2 amide bonds. The number of benzene rings is 2. The minimum Gasteiger partial charge on any atom is -0.450 e. The zero-order chi connectivity index (χ0) is 23.8. The van der Waals surface area contributed by atoms with Crippen LogP contribution < -0.4 is 10.0 Å². The average Bonchev–Trinajstić information content (AvgIpc) is 2.80. The van der Waals surface area contributed by atoms with Crippen LogP contribution in [0.5, 0.6) is 0 Å². The van der Waals surface area contributed by atoms with E-state index in [9.17, 15) is 22.4 Å². The number of ether oxygens (including phenoxy) is 1. The standard InChI is InChI=1S/C23H28FN3O5S/c1-2-32-23(29)27-14-12-18(13-15-27)25-22(28)20(16-17-8-4-3-5-9-17)26-33(30,31)21-11-7-6-10-19(21)24/h3-11,18,20,26H,2,12-16H2,1H3,(H,25,28). The highest BCUT2D eigenvalue weighted by Gasteiger charge is 2.31. The van der Waals surface area contributed by atoms with E-state index in [2.05, 4.69) is 10.0 Å². The molecule has 2 aromatic carbocycles. The van der Waals surface area contributed by atoms with E-state index in [1.54, 1.807) is 36.1 Å². The zero-order valence-electron chi connectivity index (χ0n) is 18.4. The lowest BCUT2D eigenvalue weighted by molar-refractivity contribution is -0.123. The molecule has 2 aromatic rings. The van der Waals surface area contributed by atoms with E-state index < -0.39 is 32.7 Å². The molecule has 1 aliphatic heterocycles. The number of carbonyl (C=O) groups is 2. The van der Waals surface area contributed by atoms with Gasteiger partial charge in [0.2, 0.25) is 15.9 Å². The summed E-state index contributed by atoms with van der Waals surface area (Å²) in [5.74, 6) is -1.40. The molecule has 1 fully saturated rings. The number of sulfonamides is 1. The SMILES string of the molecule is CCOC(=O)N1CCC(NC(=O)C(Cc2ccccc2)NS(=O)(=O)c2ccccc2F)CC1. The predicted molar refractivity (Wildman–Crippen MR) is 120 cm³/mol. The maximum Gasteiger partial charge on any atom is 0.409 e. The molecule has 1 aliphatic rings.